The van der Waals surface area contributed by atoms with Crippen molar-refractivity contribution < 1.29 is 9.18 Å². The summed E-state index contributed by atoms with van der Waals surface area (Å²) in [5, 5.41) is 0. The summed E-state index contributed by atoms with van der Waals surface area (Å²) < 4.78 is 12.6. The summed E-state index contributed by atoms with van der Waals surface area (Å²) in [7, 11) is 1.59. The van der Waals surface area contributed by atoms with E-state index in [2.05, 4.69) is 24.7 Å². The minimum absolute atomic E-state index is 0.255. The van der Waals surface area contributed by atoms with E-state index in [0.717, 1.165) is 6.08 Å². The molecule has 0 saturated carbocycles. The highest BCUT2D eigenvalue weighted by molar-refractivity contribution is 6.13. The van der Waals surface area contributed by atoms with Gasteiger partial charge in [-0.25, -0.2) is 4.39 Å². The number of hydrogen-bond donors (Lipinski definition) is 0. The molecule has 0 unspecified atom stereocenters. The molecule has 0 aliphatic heterocycles. The van der Waals surface area contributed by atoms with E-state index >= 15 is 0 Å². The highest BCUT2D eigenvalue weighted by Gasteiger charge is 2.18. The highest BCUT2D eigenvalue weighted by atomic mass is 19.1. The van der Waals surface area contributed by atoms with Gasteiger partial charge in [-0.1, -0.05) is 25.8 Å². The van der Waals surface area contributed by atoms with E-state index in [-0.39, 0.29) is 5.91 Å². The van der Waals surface area contributed by atoms with Crippen LogP contribution in [-0.2, 0) is 4.79 Å². The number of rotatable bonds is 7. The SMILES string of the molecule is C=C/C(C)=C(\C=NC)C(=O)N(CC)C(=C)/C=C\C(=C)F. The number of nitrogens with zero attached hydrogens (tertiary/aromatic N) is 2. The van der Waals surface area contributed by atoms with Crippen molar-refractivity contribution in [3.8, 4) is 0 Å². The Labute approximate surface area is 120 Å². The van der Waals surface area contributed by atoms with Crippen LogP contribution in [0.25, 0.3) is 0 Å². The molecule has 0 heterocycles. The van der Waals surface area contributed by atoms with Crippen molar-refractivity contribution in [2.75, 3.05) is 13.6 Å². The van der Waals surface area contributed by atoms with Crippen LogP contribution in [0, 0.1) is 0 Å². The molecule has 0 aromatic carbocycles. The normalized spacial score (nSPS) is 12.4. The maximum absolute atomic E-state index is 12.6. The van der Waals surface area contributed by atoms with Crippen LogP contribution in [0.2, 0.25) is 0 Å². The van der Waals surface area contributed by atoms with Crippen LogP contribution in [0.1, 0.15) is 13.8 Å². The number of aliphatic imine (C=N–C) groups is 1. The van der Waals surface area contributed by atoms with E-state index in [1.807, 2.05) is 6.92 Å². The third kappa shape index (κ3) is 5.18. The van der Waals surface area contributed by atoms with E-state index in [0.29, 0.717) is 23.4 Å². The van der Waals surface area contributed by atoms with Crippen LogP contribution < -0.4 is 0 Å². The van der Waals surface area contributed by atoms with Gasteiger partial charge in [0.1, 0.15) is 5.83 Å². The van der Waals surface area contributed by atoms with Crippen molar-refractivity contribution >= 4 is 12.1 Å². The van der Waals surface area contributed by atoms with Crippen molar-refractivity contribution in [2.45, 2.75) is 13.8 Å². The predicted octanol–water partition coefficient (Wildman–Crippen LogP) is 3.59. The van der Waals surface area contributed by atoms with Gasteiger partial charge in [0.05, 0.1) is 5.57 Å². The first-order valence-electron chi connectivity index (χ1n) is 6.17. The number of carbonyl (C=O) groups is 1. The fourth-order valence-electron chi connectivity index (χ4n) is 1.46. The maximum atomic E-state index is 12.6. The molecule has 0 aliphatic carbocycles. The summed E-state index contributed by atoms with van der Waals surface area (Å²) in [6.07, 6.45) is 5.64. The van der Waals surface area contributed by atoms with Gasteiger partial charge in [-0.05, 0) is 31.6 Å². The molecule has 0 atom stereocenters. The third-order valence-electron chi connectivity index (χ3n) is 2.58. The van der Waals surface area contributed by atoms with E-state index < -0.39 is 5.83 Å². The van der Waals surface area contributed by atoms with Crippen LogP contribution in [0.5, 0.6) is 0 Å². The molecule has 0 spiro atoms. The van der Waals surface area contributed by atoms with Gasteiger partial charge in [-0.3, -0.25) is 9.79 Å². The van der Waals surface area contributed by atoms with Crippen LogP contribution in [0.15, 0.2) is 65.6 Å². The van der Waals surface area contributed by atoms with Gasteiger partial charge in [0.15, 0.2) is 0 Å². The molecule has 1 amide bonds. The van der Waals surface area contributed by atoms with Crippen LogP contribution in [0.4, 0.5) is 4.39 Å². The molecule has 0 N–H and O–H groups in total. The van der Waals surface area contributed by atoms with Crippen molar-refractivity contribution in [1.82, 2.24) is 4.90 Å². The third-order valence-corrected chi connectivity index (χ3v) is 2.58. The molecule has 0 radical (unpaired) electrons. The summed E-state index contributed by atoms with van der Waals surface area (Å²) in [4.78, 5) is 17.8. The average molecular weight is 276 g/mol. The number of allylic oxidation sites excluding steroid dienone is 5. The zero-order chi connectivity index (χ0) is 15.7. The smallest absolute Gasteiger partial charge is 0.260 e. The Balaban J connectivity index is 5.44. The summed E-state index contributed by atoms with van der Waals surface area (Å²) in [5.41, 5.74) is 1.53. The molecule has 0 aromatic rings. The summed E-state index contributed by atoms with van der Waals surface area (Å²) in [6, 6.07) is 0. The fourth-order valence-corrected chi connectivity index (χ4v) is 1.46. The molecular weight excluding hydrogens is 255 g/mol. The molecule has 0 bridgehead atoms. The Kier molecular flexibility index (Phi) is 7.82. The van der Waals surface area contributed by atoms with Gasteiger partial charge < -0.3 is 4.90 Å². The van der Waals surface area contributed by atoms with Crippen molar-refractivity contribution in [1.29, 1.82) is 0 Å². The Morgan fingerprint density at radius 3 is 2.35 bits per heavy atom. The zero-order valence-corrected chi connectivity index (χ0v) is 12.3. The second kappa shape index (κ2) is 8.80. The molecule has 0 aliphatic rings. The van der Waals surface area contributed by atoms with Gasteiger partial charge in [-0.2, -0.15) is 0 Å². The second-order valence-corrected chi connectivity index (χ2v) is 4.01. The second-order valence-electron chi connectivity index (χ2n) is 4.01. The van der Waals surface area contributed by atoms with Crippen molar-refractivity contribution in [3.63, 3.8) is 0 Å². The topological polar surface area (TPSA) is 32.7 Å². The van der Waals surface area contributed by atoms with Crippen molar-refractivity contribution in [3.05, 3.63) is 60.6 Å². The first-order chi connectivity index (χ1) is 9.38. The lowest BCUT2D eigenvalue weighted by molar-refractivity contribution is -0.124. The lowest BCUT2D eigenvalue weighted by atomic mass is 10.1. The van der Waals surface area contributed by atoms with Gasteiger partial charge in [-0.15, -0.1) is 0 Å². The molecule has 0 rings (SSSR count). The summed E-state index contributed by atoms with van der Waals surface area (Å²) in [5.74, 6) is -0.850. The lowest BCUT2D eigenvalue weighted by Gasteiger charge is -2.22. The quantitative estimate of drug-likeness (QED) is 0.397. The molecule has 20 heavy (non-hydrogen) atoms. The van der Waals surface area contributed by atoms with Gasteiger partial charge in [0.25, 0.3) is 5.91 Å². The number of hydrogen-bond acceptors (Lipinski definition) is 2. The number of likely N-dealkylation sites (N-methyl/N-ethyl adjacent to an activating group) is 1. The van der Waals surface area contributed by atoms with Crippen LogP contribution >= 0.6 is 0 Å². The van der Waals surface area contributed by atoms with E-state index in [9.17, 15) is 9.18 Å². The largest absolute Gasteiger partial charge is 0.309 e. The average Bonchev–Trinajstić information content (AvgIpc) is 2.42. The molecular formula is C16H21FN2O. The predicted molar refractivity (Wildman–Crippen MR) is 83.2 cm³/mol. The van der Waals surface area contributed by atoms with E-state index in [4.69, 9.17) is 0 Å². The van der Waals surface area contributed by atoms with E-state index in [1.165, 1.54) is 17.2 Å². The molecule has 0 saturated heterocycles. The molecule has 4 heteroatoms. The lowest BCUT2D eigenvalue weighted by Crippen LogP contribution is -2.31. The standard InChI is InChI=1S/C16H21FN2O/c1-7-12(3)15(11-18-6)16(20)19(8-2)14(5)10-9-13(4)17/h7,9-11H,1,4-5,8H2,2-3,6H3/b10-9-,15-12+,18-11?. The summed E-state index contributed by atoms with van der Waals surface area (Å²) in [6.45, 7) is 14.5. The Hall–Kier alpha value is -2.23. The molecule has 108 valence electrons. The molecule has 0 aromatic heterocycles. The van der Waals surface area contributed by atoms with E-state index in [1.54, 1.807) is 20.0 Å². The highest BCUT2D eigenvalue weighted by Crippen LogP contribution is 2.13. The maximum Gasteiger partial charge on any atom is 0.260 e. The number of amides is 1. The van der Waals surface area contributed by atoms with Gasteiger partial charge >= 0.3 is 0 Å². The minimum atomic E-state index is -0.595. The minimum Gasteiger partial charge on any atom is -0.309 e. The van der Waals surface area contributed by atoms with Gasteiger partial charge in [0.2, 0.25) is 0 Å². The molecule has 3 nitrogen and oxygen atoms in total. The summed E-state index contributed by atoms with van der Waals surface area (Å²) >= 11 is 0. The molecule has 0 fully saturated rings. The van der Waals surface area contributed by atoms with Gasteiger partial charge in [0, 0.05) is 25.5 Å². The first-order valence-corrected chi connectivity index (χ1v) is 6.17. The van der Waals surface area contributed by atoms with Crippen LogP contribution in [-0.4, -0.2) is 30.6 Å². The first kappa shape index (κ1) is 17.8. The van der Waals surface area contributed by atoms with Crippen LogP contribution in [0.3, 0.4) is 0 Å². The van der Waals surface area contributed by atoms with Crippen molar-refractivity contribution in [2.24, 2.45) is 4.99 Å². The Bertz CT molecular complexity index is 499. The zero-order valence-electron chi connectivity index (χ0n) is 12.3. The fraction of sp³-hybridized carbons (Fsp3) is 0.250. The monoisotopic (exact) mass is 276 g/mol. The number of halogens is 1. The Morgan fingerprint density at radius 2 is 1.95 bits per heavy atom. The Morgan fingerprint density at radius 1 is 1.35 bits per heavy atom. The number of carbonyl (C=O) groups excluding carboxylic acids is 1.